The minimum Gasteiger partial charge on any atom is -0.272 e. The van der Waals surface area contributed by atoms with Crippen molar-refractivity contribution in [2.45, 2.75) is 39.5 Å². The molecule has 2 nitrogen and oxygen atoms in total. The summed E-state index contributed by atoms with van der Waals surface area (Å²) in [6.45, 7) is 4.00. The van der Waals surface area contributed by atoms with Crippen LogP contribution in [0, 0.1) is 0 Å². The van der Waals surface area contributed by atoms with Gasteiger partial charge in [0.05, 0.1) is 5.44 Å². The molecule has 1 heterocycles. The Labute approximate surface area is 82.9 Å². The summed E-state index contributed by atoms with van der Waals surface area (Å²) in [6.07, 6.45) is 5.10. The van der Waals surface area contributed by atoms with Gasteiger partial charge in [0.25, 0.3) is 0 Å². The molecular weight excluding hydrogens is 179 g/mol. The van der Waals surface area contributed by atoms with E-state index in [-0.39, 0.29) is 0 Å². The molecule has 0 bridgehead atoms. The van der Waals surface area contributed by atoms with E-state index in [2.05, 4.69) is 14.3 Å². The van der Waals surface area contributed by atoms with Gasteiger partial charge < -0.3 is 0 Å². The van der Waals surface area contributed by atoms with Crippen molar-refractivity contribution in [1.82, 2.24) is 9.78 Å². The van der Waals surface area contributed by atoms with Crippen LogP contribution < -0.4 is 5.44 Å². The molecule has 1 aromatic rings. The van der Waals surface area contributed by atoms with Crippen molar-refractivity contribution in [3.63, 3.8) is 0 Å². The Balaban J connectivity index is 0.000000396. The average molecular weight is 198 g/mol. The van der Waals surface area contributed by atoms with Gasteiger partial charge in [-0.2, -0.15) is 5.10 Å². The van der Waals surface area contributed by atoms with Crippen molar-refractivity contribution in [1.29, 1.82) is 0 Å². The van der Waals surface area contributed by atoms with Gasteiger partial charge in [-0.25, -0.2) is 0 Å². The summed E-state index contributed by atoms with van der Waals surface area (Å²) >= 11 is 0. The van der Waals surface area contributed by atoms with Gasteiger partial charge in [-0.1, -0.05) is 23.1 Å². The molecule has 1 atom stereocenters. The van der Waals surface area contributed by atoms with Crippen LogP contribution in [-0.2, 0) is 19.9 Å². The Morgan fingerprint density at radius 2 is 1.85 bits per heavy atom. The molecule has 74 valence electrons. The Morgan fingerprint density at radius 3 is 2.46 bits per heavy atom. The third-order valence-corrected chi connectivity index (χ3v) is 2.86. The topological polar surface area (TPSA) is 17.8 Å². The second-order valence-corrected chi connectivity index (χ2v) is 3.69. The summed E-state index contributed by atoms with van der Waals surface area (Å²) in [4.78, 5) is 0. The average Bonchev–Trinajstić information content (AvgIpc) is 2.47. The predicted molar refractivity (Wildman–Crippen MR) is 60.5 cm³/mol. The summed E-state index contributed by atoms with van der Waals surface area (Å²) in [5, 5.41) is 4.37. The lowest BCUT2D eigenvalue weighted by Crippen LogP contribution is -2.07. The summed E-state index contributed by atoms with van der Waals surface area (Å²) < 4.78 is 2.02. The van der Waals surface area contributed by atoms with E-state index >= 15 is 0 Å². The van der Waals surface area contributed by atoms with Crippen molar-refractivity contribution < 1.29 is 0 Å². The molecule has 1 unspecified atom stereocenters. The highest BCUT2D eigenvalue weighted by molar-refractivity contribution is 7.27. The van der Waals surface area contributed by atoms with Gasteiger partial charge in [0.2, 0.25) is 0 Å². The fraction of sp³-hybridized carbons (Fsp3) is 0.700. The lowest BCUT2D eigenvalue weighted by atomic mass is 9.98. The molecule has 0 aromatic carbocycles. The summed E-state index contributed by atoms with van der Waals surface area (Å²) in [6, 6.07) is 0. The van der Waals surface area contributed by atoms with Crippen LogP contribution in [-0.4, -0.2) is 9.78 Å². The first-order chi connectivity index (χ1) is 6.29. The number of hydrogen-bond donors (Lipinski definition) is 0. The highest BCUT2D eigenvalue weighted by atomic mass is 31.0. The largest absolute Gasteiger partial charge is 0.272 e. The molecule has 3 heteroatoms. The number of fused-ring (bicyclic) bond motifs is 1. The van der Waals surface area contributed by atoms with E-state index in [1.165, 1.54) is 36.9 Å². The lowest BCUT2D eigenvalue weighted by molar-refractivity contribution is 0.626. The van der Waals surface area contributed by atoms with Crippen molar-refractivity contribution in [3.8, 4) is 0 Å². The van der Waals surface area contributed by atoms with Crippen LogP contribution in [0.1, 0.15) is 37.9 Å². The quantitative estimate of drug-likeness (QED) is 0.581. The third kappa shape index (κ3) is 2.11. The number of aromatic nitrogens is 2. The van der Waals surface area contributed by atoms with E-state index in [1.807, 2.05) is 25.6 Å². The van der Waals surface area contributed by atoms with Crippen LogP contribution in [0.4, 0.5) is 0 Å². The van der Waals surface area contributed by atoms with Crippen molar-refractivity contribution in [3.05, 3.63) is 11.3 Å². The molecular formula is C10H19N2P. The molecule has 0 N–H and O–H groups in total. The minimum absolute atomic E-state index is 1.15. The smallest absolute Gasteiger partial charge is 0.0823 e. The van der Waals surface area contributed by atoms with Crippen LogP contribution in [0.25, 0.3) is 0 Å². The fourth-order valence-corrected chi connectivity index (χ4v) is 2.29. The van der Waals surface area contributed by atoms with E-state index < -0.39 is 0 Å². The van der Waals surface area contributed by atoms with Crippen molar-refractivity contribution in [2.24, 2.45) is 7.05 Å². The Kier molecular flexibility index (Phi) is 3.92. The Hall–Kier alpha value is -0.360. The second-order valence-electron chi connectivity index (χ2n) is 3.14. The maximum absolute atomic E-state index is 4.37. The van der Waals surface area contributed by atoms with Crippen LogP contribution in [0.5, 0.6) is 0 Å². The molecule has 1 aliphatic carbocycles. The summed E-state index contributed by atoms with van der Waals surface area (Å²) in [5.74, 6) is 0. The lowest BCUT2D eigenvalue weighted by Gasteiger charge is -2.11. The minimum atomic E-state index is 1.15. The van der Waals surface area contributed by atoms with Gasteiger partial charge in [-0.15, -0.1) is 0 Å². The third-order valence-electron chi connectivity index (χ3n) is 2.40. The standard InChI is InChI=1S/C8H13N2P.C2H6/c1-10-7-5-3-2-4-6(7)8(11)9-10;1-2/h2-5,11H2,1H3;1-2H3. The molecule has 0 amide bonds. The molecule has 13 heavy (non-hydrogen) atoms. The number of nitrogens with zero attached hydrogens (tertiary/aromatic N) is 2. The van der Waals surface area contributed by atoms with Gasteiger partial charge in [0, 0.05) is 18.3 Å². The highest BCUT2D eigenvalue weighted by Gasteiger charge is 2.16. The maximum Gasteiger partial charge on any atom is 0.0823 e. The highest BCUT2D eigenvalue weighted by Crippen LogP contribution is 2.19. The first kappa shape index (κ1) is 10.7. The molecule has 0 radical (unpaired) electrons. The number of rotatable bonds is 0. The Bertz CT molecular complexity index is 252. The van der Waals surface area contributed by atoms with Crippen LogP contribution in [0.2, 0.25) is 0 Å². The Morgan fingerprint density at radius 1 is 1.23 bits per heavy atom. The van der Waals surface area contributed by atoms with Crippen LogP contribution >= 0.6 is 9.24 Å². The molecule has 1 aromatic heterocycles. The van der Waals surface area contributed by atoms with Gasteiger partial charge >= 0.3 is 0 Å². The molecule has 0 fully saturated rings. The monoisotopic (exact) mass is 198 g/mol. The summed E-state index contributed by atoms with van der Waals surface area (Å²) in [7, 11) is 4.76. The zero-order chi connectivity index (χ0) is 9.84. The van der Waals surface area contributed by atoms with E-state index in [0.29, 0.717) is 0 Å². The van der Waals surface area contributed by atoms with Crippen LogP contribution in [0.15, 0.2) is 0 Å². The molecule has 0 saturated heterocycles. The number of aryl methyl sites for hydroxylation is 1. The second kappa shape index (κ2) is 4.76. The number of hydrogen-bond acceptors (Lipinski definition) is 1. The molecule has 0 spiro atoms. The normalized spacial score (nSPS) is 14.5. The SMILES string of the molecule is CC.Cn1nc(P)c2c1CCCC2. The van der Waals surface area contributed by atoms with Gasteiger partial charge in [0.1, 0.15) is 0 Å². The van der Waals surface area contributed by atoms with Crippen molar-refractivity contribution in [2.75, 3.05) is 0 Å². The molecule has 2 rings (SSSR count). The van der Waals surface area contributed by atoms with Crippen molar-refractivity contribution >= 4 is 14.7 Å². The van der Waals surface area contributed by atoms with E-state index in [4.69, 9.17) is 0 Å². The van der Waals surface area contributed by atoms with E-state index in [0.717, 1.165) is 5.44 Å². The first-order valence-corrected chi connectivity index (χ1v) is 5.67. The fourth-order valence-electron chi connectivity index (χ4n) is 1.80. The molecule has 0 saturated carbocycles. The first-order valence-electron chi connectivity index (χ1n) is 5.09. The van der Waals surface area contributed by atoms with Crippen LogP contribution in [0.3, 0.4) is 0 Å². The molecule has 0 aliphatic heterocycles. The van der Waals surface area contributed by atoms with Gasteiger partial charge in [0.15, 0.2) is 0 Å². The van der Waals surface area contributed by atoms with E-state index in [1.54, 1.807) is 0 Å². The maximum atomic E-state index is 4.37. The van der Waals surface area contributed by atoms with E-state index in [9.17, 15) is 0 Å². The summed E-state index contributed by atoms with van der Waals surface area (Å²) in [5.41, 5.74) is 4.08. The van der Waals surface area contributed by atoms with Gasteiger partial charge in [-0.05, 0) is 25.7 Å². The van der Waals surface area contributed by atoms with Gasteiger partial charge in [-0.3, -0.25) is 4.68 Å². The predicted octanol–water partition coefficient (Wildman–Crippen LogP) is 1.83. The zero-order valence-corrected chi connectivity index (χ0v) is 9.95. The zero-order valence-electron chi connectivity index (χ0n) is 8.80. The molecule has 1 aliphatic rings.